The molecular weight excluding hydrogens is 517 g/mol. The van der Waals surface area contributed by atoms with Gasteiger partial charge in [0.15, 0.2) is 0 Å². The van der Waals surface area contributed by atoms with Crippen LogP contribution >= 0.6 is 0 Å². The summed E-state index contributed by atoms with van der Waals surface area (Å²) in [5.74, 6) is 0.467. The number of rotatable bonds is 9. The topological polar surface area (TPSA) is 53.0 Å². The molecule has 3 aromatic rings. The van der Waals surface area contributed by atoms with E-state index in [9.17, 15) is 23.1 Å². The average molecular weight is 555 g/mol. The second-order valence-corrected chi connectivity index (χ2v) is 11.1. The van der Waals surface area contributed by atoms with E-state index < -0.39 is 11.7 Å². The molecule has 0 bridgehead atoms. The Labute approximate surface area is 234 Å². The van der Waals surface area contributed by atoms with Crippen molar-refractivity contribution < 1.29 is 27.8 Å². The van der Waals surface area contributed by atoms with E-state index in [2.05, 4.69) is 4.90 Å². The van der Waals surface area contributed by atoms with Crippen molar-refractivity contribution in [1.29, 1.82) is 0 Å². The molecule has 8 heteroatoms. The number of alkyl halides is 3. The van der Waals surface area contributed by atoms with E-state index in [4.69, 9.17) is 4.74 Å². The zero-order chi connectivity index (χ0) is 29.0. The first kappa shape index (κ1) is 29.5. The first-order chi connectivity index (χ1) is 18.9. The Hall–Kier alpha value is -3.52. The van der Waals surface area contributed by atoms with Crippen molar-refractivity contribution in [1.82, 2.24) is 9.80 Å². The number of carbonyl (C=O) groups excluding carboxylic acids is 1. The van der Waals surface area contributed by atoms with Gasteiger partial charge in [0.05, 0.1) is 12.7 Å². The predicted octanol–water partition coefficient (Wildman–Crippen LogP) is 6.74. The molecule has 1 amide bonds. The predicted molar refractivity (Wildman–Crippen MR) is 150 cm³/mol. The summed E-state index contributed by atoms with van der Waals surface area (Å²) < 4.78 is 46.0. The largest absolute Gasteiger partial charge is 0.507 e. The van der Waals surface area contributed by atoms with Crippen LogP contribution in [0.25, 0.3) is 0 Å². The molecule has 2 atom stereocenters. The summed E-state index contributed by atoms with van der Waals surface area (Å²) >= 11 is 0. The number of phenolic OH excluding ortho intramolecular Hbond substituents is 1. The molecule has 5 nitrogen and oxygen atoms in total. The second kappa shape index (κ2) is 12.3. The number of methoxy groups -OCH3 is 1. The SMILES string of the molecule is COc1ccc(CN2CC(CN(CC(C)C)C(=O)c3ccc(C)cc3)C(c3cccc(C(F)(F)F)c3)C2)c(O)c1. The quantitative estimate of drug-likeness (QED) is 0.318. The highest BCUT2D eigenvalue weighted by atomic mass is 19.4. The van der Waals surface area contributed by atoms with Gasteiger partial charge in [-0.15, -0.1) is 0 Å². The monoisotopic (exact) mass is 554 g/mol. The Morgan fingerprint density at radius 1 is 1.07 bits per heavy atom. The second-order valence-electron chi connectivity index (χ2n) is 11.1. The molecule has 0 aliphatic carbocycles. The molecule has 4 rings (SSSR count). The zero-order valence-corrected chi connectivity index (χ0v) is 23.4. The standard InChI is InChI=1S/C32H37F3N2O3/c1-21(2)16-37(31(39)23-10-8-22(3)9-11-23)19-26-18-36(17-25-12-13-28(40-4)15-30(25)38)20-29(26)24-6-5-7-27(14-24)32(33,34)35/h5-15,21,26,29,38H,16-20H2,1-4H3. The summed E-state index contributed by atoms with van der Waals surface area (Å²) in [6.07, 6.45) is -4.44. The van der Waals surface area contributed by atoms with Gasteiger partial charge in [0.25, 0.3) is 5.91 Å². The number of hydrogen-bond acceptors (Lipinski definition) is 4. The molecule has 1 N–H and O–H groups in total. The maximum Gasteiger partial charge on any atom is 0.416 e. The van der Waals surface area contributed by atoms with Gasteiger partial charge < -0.3 is 14.7 Å². The lowest BCUT2D eigenvalue weighted by molar-refractivity contribution is -0.137. The number of phenols is 1. The molecule has 1 saturated heterocycles. The summed E-state index contributed by atoms with van der Waals surface area (Å²) in [7, 11) is 1.53. The number of amides is 1. The van der Waals surface area contributed by atoms with E-state index in [1.54, 1.807) is 24.3 Å². The summed E-state index contributed by atoms with van der Waals surface area (Å²) in [6.45, 7) is 8.52. The zero-order valence-electron chi connectivity index (χ0n) is 23.4. The van der Waals surface area contributed by atoms with Gasteiger partial charge in [0, 0.05) is 55.8 Å². The van der Waals surface area contributed by atoms with E-state index in [0.717, 1.165) is 11.6 Å². The van der Waals surface area contributed by atoms with Crippen molar-refractivity contribution in [2.45, 2.75) is 39.4 Å². The molecule has 40 heavy (non-hydrogen) atoms. The number of ether oxygens (including phenoxy) is 1. The van der Waals surface area contributed by atoms with Gasteiger partial charge in [-0.3, -0.25) is 9.69 Å². The average Bonchev–Trinajstić information content (AvgIpc) is 3.31. The molecule has 1 fully saturated rings. The molecule has 214 valence electrons. The number of aromatic hydroxyl groups is 1. The lowest BCUT2D eigenvalue weighted by atomic mass is 9.87. The molecule has 1 aliphatic rings. The van der Waals surface area contributed by atoms with Crippen LogP contribution in [0, 0.1) is 18.8 Å². The number of hydrogen-bond donors (Lipinski definition) is 1. The maximum absolute atomic E-state index is 13.6. The fourth-order valence-corrected chi connectivity index (χ4v) is 5.49. The van der Waals surface area contributed by atoms with Crippen LogP contribution in [0.15, 0.2) is 66.7 Å². The van der Waals surface area contributed by atoms with Crippen LogP contribution in [0.3, 0.4) is 0 Å². The van der Waals surface area contributed by atoms with Gasteiger partial charge in [-0.1, -0.05) is 55.8 Å². The summed E-state index contributed by atoms with van der Waals surface area (Å²) in [5.41, 5.74) is 2.29. The Balaban J connectivity index is 1.64. The number of halogens is 3. The molecule has 1 heterocycles. The first-order valence-corrected chi connectivity index (χ1v) is 13.6. The Bertz CT molecular complexity index is 1310. The van der Waals surface area contributed by atoms with Crippen molar-refractivity contribution in [3.63, 3.8) is 0 Å². The van der Waals surface area contributed by atoms with Crippen LogP contribution in [-0.4, -0.2) is 54.1 Å². The minimum atomic E-state index is -4.44. The van der Waals surface area contributed by atoms with E-state index >= 15 is 0 Å². The van der Waals surface area contributed by atoms with Gasteiger partial charge in [-0.25, -0.2) is 0 Å². The third-order valence-corrected chi connectivity index (χ3v) is 7.47. The van der Waals surface area contributed by atoms with Crippen molar-refractivity contribution in [2.75, 3.05) is 33.3 Å². The number of likely N-dealkylation sites (tertiary alicyclic amines) is 1. The molecular formula is C32H37F3N2O3. The molecule has 0 radical (unpaired) electrons. The number of nitrogens with zero attached hydrogens (tertiary/aromatic N) is 2. The van der Waals surface area contributed by atoms with Gasteiger partial charge in [-0.05, 0) is 48.6 Å². The van der Waals surface area contributed by atoms with E-state index in [1.807, 2.05) is 49.9 Å². The highest BCUT2D eigenvalue weighted by molar-refractivity contribution is 5.94. The molecule has 2 unspecified atom stereocenters. The Morgan fingerprint density at radius 2 is 1.80 bits per heavy atom. The Kier molecular flexibility index (Phi) is 9.08. The van der Waals surface area contributed by atoms with Gasteiger partial charge in [0.1, 0.15) is 11.5 Å². The van der Waals surface area contributed by atoms with Gasteiger partial charge in [0.2, 0.25) is 0 Å². The summed E-state index contributed by atoms with van der Waals surface area (Å²) in [6, 6.07) is 18.1. The normalized spacial score (nSPS) is 17.8. The highest BCUT2D eigenvalue weighted by Crippen LogP contribution is 2.38. The lowest BCUT2D eigenvalue weighted by Crippen LogP contribution is -2.39. The highest BCUT2D eigenvalue weighted by Gasteiger charge is 2.38. The third-order valence-electron chi connectivity index (χ3n) is 7.47. The molecule has 0 spiro atoms. The fraction of sp³-hybridized carbons (Fsp3) is 0.406. The van der Waals surface area contributed by atoms with Crippen LogP contribution in [0.4, 0.5) is 13.2 Å². The van der Waals surface area contributed by atoms with Crippen molar-refractivity contribution in [3.05, 3.63) is 94.5 Å². The van der Waals surface area contributed by atoms with Gasteiger partial charge >= 0.3 is 6.18 Å². The molecule has 3 aromatic carbocycles. The number of benzene rings is 3. The molecule has 0 aromatic heterocycles. The molecule has 0 saturated carbocycles. The van der Waals surface area contributed by atoms with Crippen LogP contribution < -0.4 is 4.74 Å². The summed E-state index contributed by atoms with van der Waals surface area (Å²) in [5, 5.41) is 10.5. The third kappa shape index (κ3) is 7.16. The van der Waals surface area contributed by atoms with E-state index in [0.29, 0.717) is 55.2 Å². The van der Waals surface area contributed by atoms with Crippen LogP contribution in [0.2, 0.25) is 0 Å². The van der Waals surface area contributed by atoms with Crippen LogP contribution in [0.1, 0.15) is 52.4 Å². The van der Waals surface area contributed by atoms with Crippen LogP contribution in [0.5, 0.6) is 11.5 Å². The first-order valence-electron chi connectivity index (χ1n) is 13.6. The fourth-order valence-electron chi connectivity index (χ4n) is 5.49. The summed E-state index contributed by atoms with van der Waals surface area (Å²) in [4.78, 5) is 17.6. The van der Waals surface area contributed by atoms with Crippen LogP contribution in [-0.2, 0) is 12.7 Å². The minimum absolute atomic E-state index is 0.0808. The maximum atomic E-state index is 13.6. The van der Waals surface area contributed by atoms with E-state index in [-0.39, 0.29) is 29.4 Å². The van der Waals surface area contributed by atoms with Crippen molar-refractivity contribution in [3.8, 4) is 11.5 Å². The lowest BCUT2D eigenvalue weighted by Gasteiger charge is -2.30. The number of carbonyl (C=O) groups is 1. The Morgan fingerprint density at radius 3 is 2.42 bits per heavy atom. The van der Waals surface area contributed by atoms with Crippen molar-refractivity contribution >= 4 is 5.91 Å². The smallest absolute Gasteiger partial charge is 0.416 e. The molecule has 1 aliphatic heterocycles. The van der Waals surface area contributed by atoms with Gasteiger partial charge in [-0.2, -0.15) is 13.2 Å². The van der Waals surface area contributed by atoms with Crippen molar-refractivity contribution in [2.24, 2.45) is 11.8 Å². The number of aryl methyl sites for hydroxylation is 1. The minimum Gasteiger partial charge on any atom is -0.507 e. The van der Waals surface area contributed by atoms with E-state index in [1.165, 1.54) is 19.2 Å².